The van der Waals surface area contributed by atoms with Crippen molar-refractivity contribution in [3.8, 4) is 0 Å². The van der Waals surface area contributed by atoms with Crippen molar-refractivity contribution in [1.82, 2.24) is 9.97 Å². The van der Waals surface area contributed by atoms with Crippen molar-refractivity contribution in [2.24, 2.45) is 0 Å². The molecule has 4 nitrogen and oxygen atoms in total. The Labute approximate surface area is 132 Å². The molecule has 0 unspecified atom stereocenters. The number of hydrogen-bond donors (Lipinski definition) is 1. The maximum atomic E-state index is 10.5. The molecule has 0 amide bonds. The Kier molecular flexibility index (Phi) is 5.14. The summed E-state index contributed by atoms with van der Waals surface area (Å²) >= 11 is 3.21. The van der Waals surface area contributed by atoms with E-state index in [1.165, 1.54) is 4.88 Å². The minimum absolute atomic E-state index is 0.784. The first-order chi connectivity index (χ1) is 9.95. The third-order valence-corrected chi connectivity index (χ3v) is 5.08. The first-order valence-electron chi connectivity index (χ1n) is 6.39. The number of carbonyl (C=O) groups is 1. The molecule has 0 aromatic carbocycles. The van der Waals surface area contributed by atoms with Crippen LogP contribution < -0.4 is 0 Å². The number of aliphatic carboxylic acids is 1. The van der Waals surface area contributed by atoms with Gasteiger partial charge in [-0.2, -0.15) is 0 Å². The number of aromatic nitrogens is 2. The second-order valence-corrected chi connectivity index (χ2v) is 6.55. The predicted octanol–water partition coefficient (Wildman–Crippen LogP) is 3.85. The molecule has 21 heavy (non-hydrogen) atoms. The van der Waals surface area contributed by atoms with Crippen molar-refractivity contribution in [2.45, 2.75) is 31.7 Å². The minimum Gasteiger partial charge on any atom is -0.478 e. The lowest BCUT2D eigenvalue weighted by molar-refractivity contribution is -0.131. The number of rotatable bonds is 5. The Hall–Kier alpha value is -1.66. The molecule has 0 radical (unpaired) electrons. The van der Waals surface area contributed by atoms with Gasteiger partial charge in [0.15, 0.2) is 5.16 Å². The monoisotopic (exact) mass is 320 g/mol. The van der Waals surface area contributed by atoms with E-state index in [1.54, 1.807) is 29.2 Å². The zero-order valence-electron chi connectivity index (χ0n) is 12.1. The number of thiophene rings is 1. The Morgan fingerprint density at radius 3 is 2.62 bits per heavy atom. The molecule has 2 aromatic rings. The van der Waals surface area contributed by atoms with Gasteiger partial charge in [-0.05, 0) is 49.4 Å². The van der Waals surface area contributed by atoms with Gasteiger partial charge in [0.05, 0.1) is 0 Å². The first-order valence-corrected chi connectivity index (χ1v) is 8.25. The zero-order chi connectivity index (χ0) is 15.4. The smallest absolute Gasteiger partial charge is 0.328 e. The topological polar surface area (TPSA) is 63.1 Å². The molecule has 1 N–H and O–H groups in total. The van der Waals surface area contributed by atoms with Gasteiger partial charge in [-0.15, -0.1) is 11.3 Å². The summed E-state index contributed by atoms with van der Waals surface area (Å²) in [7, 11) is 0. The fourth-order valence-electron chi connectivity index (χ4n) is 1.67. The van der Waals surface area contributed by atoms with E-state index in [4.69, 9.17) is 5.11 Å². The van der Waals surface area contributed by atoms with Gasteiger partial charge >= 0.3 is 5.97 Å². The van der Waals surface area contributed by atoms with E-state index in [1.807, 2.05) is 32.2 Å². The molecule has 0 aliphatic heterocycles. The Morgan fingerprint density at radius 1 is 1.33 bits per heavy atom. The van der Waals surface area contributed by atoms with Crippen LogP contribution in [0.15, 0.2) is 22.7 Å². The molecular formula is C15H16N2O2S2. The number of thioether (sulfide) groups is 1. The van der Waals surface area contributed by atoms with E-state index in [2.05, 4.69) is 9.97 Å². The van der Waals surface area contributed by atoms with Crippen molar-refractivity contribution in [1.29, 1.82) is 0 Å². The van der Waals surface area contributed by atoms with Gasteiger partial charge in [0.25, 0.3) is 0 Å². The lowest BCUT2D eigenvalue weighted by Gasteiger charge is -2.05. The van der Waals surface area contributed by atoms with Crippen LogP contribution in [-0.2, 0) is 10.5 Å². The average molecular weight is 320 g/mol. The van der Waals surface area contributed by atoms with Crippen molar-refractivity contribution >= 4 is 35.1 Å². The summed E-state index contributed by atoms with van der Waals surface area (Å²) in [5.74, 6) is -0.149. The highest BCUT2D eigenvalue weighted by molar-refractivity contribution is 7.98. The molecule has 6 heteroatoms. The van der Waals surface area contributed by atoms with Gasteiger partial charge < -0.3 is 5.11 Å². The molecule has 0 fully saturated rings. The molecule has 0 spiro atoms. The molecule has 0 aliphatic rings. The van der Waals surface area contributed by atoms with Crippen LogP contribution in [0.1, 0.15) is 27.4 Å². The molecule has 0 atom stereocenters. The van der Waals surface area contributed by atoms with Gasteiger partial charge in [-0.25, -0.2) is 14.8 Å². The summed E-state index contributed by atoms with van der Waals surface area (Å²) in [6, 6.07) is 1.99. The number of carboxylic acids is 1. The molecular weight excluding hydrogens is 304 g/mol. The zero-order valence-corrected chi connectivity index (χ0v) is 13.7. The quantitative estimate of drug-likeness (QED) is 0.515. The second-order valence-electron chi connectivity index (χ2n) is 4.61. The average Bonchev–Trinajstić information content (AvgIpc) is 2.88. The molecule has 0 aliphatic carbocycles. The standard InChI is InChI=1S/C15H16N2O2S2/c1-9-10(2)16-15(17-11(9)3)21-8-13-6-12(7-20-13)4-5-14(18)19/h4-7H,8H2,1-3H3,(H,18,19). The first kappa shape index (κ1) is 15.7. The second kappa shape index (κ2) is 6.87. The fourth-order valence-corrected chi connectivity index (χ4v) is 3.51. The molecule has 2 aromatic heterocycles. The van der Waals surface area contributed by atoms with E-state index in [0.29, 0.717) is 0 Å². The third-order valence-electron chi connectivity index (χ3n) is 3.05. The molecule has 110 valence electrons. The number of nitrogens with zero attached hydrogens (tertiary/aromatic N) is 2. The lowest BCUT2D eigenvalue weighted by atomic mass is 10.2. The highest BCUT2D eigenvalue weighted by atomic mass is 32.2. The van der Waals surface area contributed by atoms with Crippen LogP contribution in [-0.4, -0.2) is 21.0 Å². The van der Waals surface area contributed by atoms with Gasteiger partial charge in [0.1, 0.15) is 0 Å². The maximum absolute atomic E-state index is 10.5. The molecule has 2 rings (SSSR count). The van der Waals surface area contributed by atoms with Crippen LogP contribution in [0.3, 0.4) is 0 Å². The highest BCUT2D eigenvalue weighted by Gasteiger charge is 2.06. The lowest BCUT2D eigenvalue weighted by Crippen LogP contribution is -1.97. The predicted molar refractivity (Wildman–Crippen MR) is 86.8 cm³/mol. The summed E-state index contributed by atoms with van der Waals surface area (Å²) in [6.07, 6.45) is 2.75. The highest BCUT2D eigenvalue weighted by Crippen LogP contribution is 2.25. The SMILES string of the molecule is Cc1nc(SCc2cc(C=CC(=O)O)cs2)nc(C)c1C. The minimum atomic E-state index is -0.934. The normalized spacial score (nSPS) is 11.2. The summed E-state index contributed by atoms with van der Waals surface area (Å²) in [4.78, 5) is 20.6. The third kappa shape index (κ3) is 4.41. The summed E-state index contributed by atoms with van der Waals surface area (Å²) in [6.45, 7) is 6.02. The van der Waals surface area contributed by atoms with Gasteiger partial charge in [-0.1, -0.05) is 11.8 Å². The number of hydrogen-bond acceptors (Lipinski definition) is 5. The van der Waals surface area contributed by atoms with Crippen LogP contribution in [0.25, 0.3) is 6.08 Å². The molecule has 2 heterocycles. The fraction of sp³-hybridized carbons (Fsp3) is 0.267. The summed E-state index contributed by atoms with van der Waals surface area (Å²) < 4.78 is 0. The Morgan fingerprint density at radius 2 is 2.00 bits per heavy atom. The number of aryl methyl sites for hydroxylation is 2. The van der Waals surface area contributed by atoms with Crippen LogP contribution in [0.4, 0.5) is 0 Å². The van der Waals surface area contributed by atoms with Gasteiger partial charge in [-0.3, -0.25) is 0 Å². The van der Waals surface area contributed by atoms with E-state index in [-0.39, 0.29) is 0 Å². The van der Waals surface area contributed by atoms with Crippen LogP contribution in [0.2, 0.25) is 0 Å². The van der Waals surface area contributed by atoms with E-state index in [0.717, 1.165) is 39.5 Å². The van der Waals surface area contributed by atoms with Crippen LogP contribution in [0.5, 0.6) is 0 Å². The Balaban J connectivity index is 2.02. The molecule has 0 saturated heterocycles. The molecule has 0 bridgehead atoms. The Bertz CT molecular complexity index is 670. The van der Waals surface area contributed by atoms with Crippen molar-refractivity contribution in [3.63, 3.8) is 0 Å². The van der Waals surface area contributed by atoms with Gasteiger partial charge in [0, 0.05) is 28.1 Å². The largest absolute Gasteiger partial charge is 0.478 e. The van der Waals surface area contributed by atoms with E-state index < -0.39 is 5.97 Å². The van der Waals surface area contributed by atoms with Gasteiger partial charge in [0.2, 0.25) is 0 Å². The number of carboxylic acid groups (broad SMARTS) is 1. The van der Waals surface area contributed by atoms with Crippen molar-refractivity contribution in [3.05, 3.63) is 44.9 Å². The summed E-state index contributed by atoms with van der Waals surface area (Å²) in [5.41, 5.74) is 4.08. The molecule has 0 saturated carbocycles. The van der Waals surface area contributed by atoms with E-state index >= 15 is 0 Å². The van der Waals surface area contributed by atoms with E-state index in [9.17, 15) is 4.79 Å². The van der Waals surface area contributed by atoms with Crippen LogP contribution in [0, 0.1) is 20.8 Å². The summed E-state index contributed by atoms with van der Waals surface area (Å²) in [5, 5.41) is 11.3. The van der Waals surface area contributed by atoms with Crippen molar-refractivity contribution < 1.29 is 9.90 Å². The van der Waals surface area contributed by atoms with Crippen LogP contribution >= 0.6 is 23.1 Å². The van der Waals surface area contributed by atoms with Crippen molar-refractivity contribution in [2.75, 3.05) is 0 Å². The maximum Gasteiger partial charge on any atom is 0.328 e.